The third kappa shape index (κ3) is 3.78. The molecule has 0 aliphatic rings. The lowest BCUT2D eigenvalue weighted by Crippen LogP contribution is -1.79. The molecule has 0 radical (unpaired) electrons. The van der Waals surface area contributed by atoms with E-state index in [1.165, 1.54) is 6.20 Å². The van der Waals surface area contributed by atoms with Crippen molar-refractivity contribution >= 4 is 0 Å². The van der Waals surface area contributed by atoms with Gasteiger partial charge in [-0.15, -0.1) is 0 Å². The second-order valence-electron chi connectivity index (χ2n) is 1.96. The fraction of sp³-hybridized carbons (Fsp3) is 0.250. The lowest BCUT2D eigenvalue weighted by Gasteiger charge is -1.90. The van der Waals surface area contributed by atoms with Gasteiger partial charge in [0.05, 0.1) is 0 Å². The zero-order valence-electron chi connectivity index (χ0n) is 6.33. The molecule has 3 N–H and O–H groups in total. The minimum Gasteiger partial charge on any atom is -0.508 e. The molecule has 0 bridgehead atoms. The number of nitrogens with two attached hydrogens (primary N) is 1. The molecule has 0 aliphatic heterocycles. The Hall–Kier alpha value is -1.18. The van der Waals surface area contributed by atoms with Crippen LogP contribution in [0.25, 0.3) is 0 Å². The van der Waals surface area contributed by atoms with Gasteiger partial charge in [0.1, 0.15) is 5.76 Å². The third-order valence-corrected chi connectivity index (χ3v) is 1.03. The molecule has 0 saturated heterocycles. The van der Waals surface area contributed by atoms with E-state index in [4.69, 9.17) is 10.8 Å². The average Bonchev–Trinajstić information content (AvgIpc) is 1.88. The normalized spacial score (nSPS) is 14.6. The van der Waals surface area contributed by atoms with Crippen LogP contribution in [0.15, 0.2) is 35.8 Å². The SMILES string of the molecule is C\C=C(O)/C=C(C)\C=C\N. The van der Waals surface area contributed by atoms with Crippen molar-refractivity contribution in [1.82, 2.24) is 0 Å². The second-order valence-corrected chi connectivity index (χ2v) is 1.96. The zero-order chi connectivity index (χ0) is 7.98. The first-order chi connectivity index (χ1) is 4.70. The molecule has 0 spiro atoms. The summed E-state index contributed by atoms with van der Waals surface area (Å²) >= 11 is 0. The van der Waals surface area contributed by atoms with E-state index in [0.29, 0.717) is 0 Å². The van der Waals surface area contributed by atoms with Crippen molar-refractivity contribution in [3.8, 4) is 0 Å². The fourth-order valence-electron chi connectivity index (χ4n) is 0.516. The molecule has 0 atom stereocenters. The van der Waals surface area contributed by atoms with Gasteiger partial charge in [-0.1, -0.05) is 0 Å². The van der Waals surface area contributed by atoms with Gasteiger partial charge in [-0.2, -0.15) is 0 Å². The minimum atomic E-state index is 0.260. The lowest BCUT2D eigenvalue weighted by atomic mass is 10.2. The topological polar surface area (TPSA) is 46.2 Å². The van der Waals surface area contributed by atoms with Crippen molar-refractivity contribution in [1.29, 1.82) is 0 Å². The average molecular weight is 139 g/mol. The van der Waals surface area contributed by atoms with E-state index in [1.807, 2.05) is 6.92 Å². The summed E-state index contributed by atoms with van der Waals surface area (Å²) in [6.07, 6.45) is 6.42. The van der Waals surface area contributed by atoms with Gasteiger partial charge in [0.25, 0.3) is 0 Å². The highest BCUT2D eigenvalue weighted by Crippen LogP contribution is 1.99. The molecule has 0 aliphatic carbocycles. The van der Waals surface area contributed by atoms with Crippen LogP contribution in [-0.2, 0) is 0 Å². The highest BCUT2D eigenvalue weighted by atomic mass is 16.3. The number of rotatable bonds is 2. The zero-order valence-corrected chi connectivity index (χ0v) is 6.33. The molecule has 56 valence electrons. The molecule has 0 fully saturated rings. The summed E-state index contributed by atoms with van der Waals surface area (Å²) in [6.45, 7) is 3.63. The summed E-state index contributed by atoms with van der Waals surface area (Å²) in [4.78, 5) is 0. The monoisotopic (exact) mass is 139 g/mol. The van der Waals surface area contributed by atoms with Gasteiger partial charge in [-0.25, -0.2) is 0 Å². The van der Waals surface area contributed by atoms with Crippen LogP contribution in [0.2, 0.25) is 0 Å². The van der Waals surface area contributed by atoms with Gasteiger partial charge in [-0.3, -0.25) is 0 Å². The van der Waals surface area contributed by atoms with E-state index in [-0.39, 0.29) is 5.76 Å². The molecule has 0 saturated carbocycles. The summed E-state index contributed by atoms with van der Waals surface area (Å²) in [7, 11) is 0. The van der Waals surface area contributed by atoms with Gasteiger partial charge in [-0.05, 0) is 43.8 Å². The Labute approximate surface area is 61.4 Å². The van der Waals surface area contributed by atoms with Crippen LogP contribution in [0.4, 0.5) is 0 Å². The molecule has 0 amide bonds. The fourth-order valence-corrected chi connectivity index (χ4v) is 0.516. The Bertz CT molecular complexity index is 178. The quantitative estimate of drug-likeness (QED) is 0.453. The van der Waals surface area contributed by atoms with Crippen molar-refractivity contribution in [2.75, 3.05) is 0 Å². The summed E-state index contributed by atoms with van der Waals surface area (Å²) in [6, 6.07) is 0. The lowest BCUT2D eigenvalue weighted by molar-refractivity contribution is 0.431. The minimum absolute atomic E-state index is 0.260. The van der Waals surface area contributed by atoms with Gasteiger partial charge >= 0.3 is 0 Å². The van der Waals surface area contributed by atoms with E-state index in [9.17, 15) is 0 Å². The van der Waals surface area contributed by atoms with Crippen LogP contribution in [0, 0.1) is 0 Å². The third-order valence-electron chi connectivity index (χ3n) is 1.03. The van der Waals surface area contributed by atoms with Gasteiger partial charge in [0, 0.05) is 0 Å². The van der Waals surface area contributed by atoms with Crippen LogP contribution in [0.5, 0.6) is 0 Å². The summed E-state index contributed by atoms with van der Waals surface area (Å²) in [5.41, 5.74) is 6.05. The van der Waals surface area contributed by atoms with Gasteiger partial charge in [0.2, 0.25) is 0 Å². The van der Waals surface area contributed by atoms with Crippen LogP contribution in [0.3, 0.4) is 0 Å². The Morgan fingerprint density at radius 1 is 1.50 bits per heavy atom. The molecular weight excluding hydrogens is 126 g/mol. The van der Waals surface area contributed by atoms with E-state index < -0.39 is 0 Å². The second kappa shape index (κ2) is 4.68. The maximum atomic E-state index is 8.96. The summed E-state index contributed by atoms with van der Waals surface area (Å²) < 4.78 is 0. The highest BCUT2D eigenvalue weighted by molar-refractivity contribution is 5.23. The molecule has 2 nitrogen and oxygen atoms in total. The Kier molecular flexibility index (Phi) is 4.12. The number of hydrogen-bond acceptors (Lipinski definition) is 2. The number of allylic oxidation sites excluding steroid dienone is 4. The van der Waals surface area contributed by atoms with Crippen molar-refractivity contribution < 1.29 is 5.11 Å². The Balaban J connectivity index is 4.16. The molecule has 0 aromatic carbocycles. The number of aliphatic hydroxyl groups is 1. The Morgan fingerprint density at radius 3 is 2.50 bits per heavy atom. The summed E-state index contributed by atoms with van der Waals surface area (Å²) in [5.74, 6) is 0.260. The van der Waals surface area contributed by atoms with Crippen molar-refractivity contribution in [3.63, 3.8) is 0 Å². The summed E-state index contributed by atoms with van der Waals surface area (Å²) in [5, 5.41) is 8.96. The highest BCUT2D eigenvalue weighted by Gasteiger charge is 1.83. The van der Waals surface area contributed by atoms with Crippen LogP contribution >= 0.6 is 0 Å². The molecule has 2 heteroatoms. The number of hydrogen-bond donors (Lipinski definition) is 2. The Morgan fingerprint density at radius 2 is 2.10 bits per heavy atom. The molecule has 0 heterocycles. The predicted octanol–water partition coefficient (Wildman–Crippen LogP) is 1.87. The molecular formula is C8H13NO. The van der Waals surface area contributed by atoms with Gasteiger partial charge in [0.15, 0.2) is 0 Å². The van der Waals surface area contributed by atoms with Crippen LogP contribution < -0.4 is 5.73 Å². The van der Waals surface area contributed by atoms with E-state index in [2.05, 4.69) is 0 Å². The van der Waals surface area contributed by atoms with Crippen molar-refractivity contribution in [2.45, 2.75) is 13.8 Å². The first kappa shape index (κ1) is 8.82. The first-order valence-electron chi connectivity index (χ1n) is 3.12. The van der Waals surface area contributed by atoms with E-state index in [1.54, 1.807) is 25.2 Å². The standard InChI is InChI=1S/C8H13NO/c1-3-8(10)6-7(2)4-5-9/h3-6,10H,9H2,1-2H3/b5-4+,7-6-,8-3+. The largest absolute Gasteiger partial charge is 0.508 e. The predicted molar refractivity (Wildman–Crippen MR) is 43.5 cm³/mol. The van der Waals surface area contributed by atoms with Gasteiger partial charge < -0.3 is 10.8 Å². The van der Waals surface area contributed by atoms with Crippen molar-refractivity contribution in [2.24, 2.45) is 5.73 Å². The molecule has 0 rings (SSSR count). The van der Waals surface area contributed by atoms with Crippen LogP contribution in [0.1, 0.15) is 13.8 Å². The molecule has 0 aromatic heterocycles. The smallest absolute Gasteiger partial charge is 0.111 e. The van der Waals surface area contributed by atoms with Crippen molar-refractivity contribution in [3.05, 3.63) is 35.8 Å². The number of aliphatic hydroxyl groups excluding tert-OH is 1. The first-order valence-corrected chi connectivity index (χ1v) is 3.12. The molecule has 10 heavy (non-hydrogen) atoms. The van der Waals surface area contributed by atoms with E-state index >= 15 is 0 Å². The molecule has 0 aromatic rings. The maximum absolute atomic E-state index is 8.96. The molecule has 0 unspecified atom stereocenters. The maximum Gasteiger partial charge on any atom is 0.111 e. The van der Waals surface area contributed by atoms with E-state index in [0.717, 1.165) is 5.57 Å². The van der Waals surface area contributed by atoms with Crippen LogP contribution in [-0.4, -0.2) is 5.11 Å².